The van der Waals surface area contributed by atoms with Gasteiger partial charge in [0.15, 0.2) is 0 Å². The predicted molar refractivity (Wildman–Crippen MR) is 104 cm³/mol. The van der Waals surface area contributed by atoms with E-state index >= 15 is 0 Å². The van der Waals surface area contributed by atoms with Crippen molar-refractivity contribution in [1.82, 2.24) is 9.97 Å². The smallest absolute Gasteiger partial charge is 0.353 e. The Morgan fingerprint density at radius 3 is 2.69 bits per heavy atom. The molecule has 2 heterocycles. The average molecular weight is 369 g/mol. The van der Waals surface area contributed by atoms with Gasteiger partial charge in [-0.15, -0.1) is 11.3 Å². The van der Waals surface area contributed by atoms with Gasteiger partial charge in [0.25, 0.3) is 0 Å². The van der Waals surface area contributed by atoms with E-state index in [0.717, 1.165) is 23.2 Å². The van der Waals surface area contributed by atoms with Crippen molar-refractivity contribution in [2.24, 2.45) is 0 Å². The molecule has 3 rings (SSSR count). The van der Waals surface area contributed by atoms with Gasteiger partial charge in [0.1, 0.15) is 6.33 Å². The van der Waals surface area contributed by atoms with Crippen LogP contribution in [0.1, 0.15) is 16.0 Å². The molecule has 26 heavy (non-hydrogen) atoms. The van der Waals surface area contributed by atoms with E-state index < -0.39 is 4.92 Å². The van der Waals surface area contributed by atoms with Crippen molar-refractivity contribution >= 4 is 34.3 Å². The van der Waals surface area contributed by atoms with E-state index in [-0.39, 0.29) is 17.3 Å². The van der Waals surface area contributed by atoms with Crippen molar-refractivity contribution < 1.29 is 4.92 Å². The van der Waals surface area contributed by atoms with Crippen molar-refractivity contribution in [3.63, 3.8) is 0 Å². The van der Waals surface area contributed by atoms with Gasteiger partial charge in [0.2, 0.25) is 11.6 Å². The molecular weight excluding hydrogens is 350 g/mol. The fraction of sp³-hybridized carbons (Fsp3) is 0.222. The number of anilines is 3. The van der Waals surface area contributed by atoms with Gasteiger partial charge in [-0.3, -0.25) is 10.1 Å². The van der Waals surface area contributed by atoms with Crippen LogP contribution >= 0.6 is 11.3 Å². The second-order valence-corrected chi connectivity index (χ2v) is 6.84. The number of thiophene rings is 1. The molecule has 134 valence electrons. The van der Waals surface area contributed by atoms with Crippen molar-refractivity contribution in [2.75, 3.05) is 17.2 Å². The van der Waals surface area contributed by atoms with Crippen molar-refractivity contribution in [3.8, 4) is 0 Å². The van der Waals surface area contributed by atoms with E-state index in [2.05, 4.69) is 20.6 Å². The topological polar surface area (TPSA) is 93.0 Å². The van der Waals surface area contributed by atoms with E-state index in [0.29, 0.717) is 6.54 Å². The number of benzene rings is 1. The molecule has 7 nitrogen and oxygen atoms in total. The van der Waals surface area contributed by atoms with Crippen molar-refractivity contribution in [2.45, 2.75) is 20.3 Å². The van der Waals surface area contributed by atoms with Gasteiger partial charge >= 0.3 is 5.69 Å². The number of rotatable bonds is 7. The van der Waals surface area contributed by atoms with Gasteiger partial charge in [-0.05, 0) is 48.9 Å². The van der Waals surface area contributed by atoms with Crippen LogP contribution < -0.4 is 10.6 Å². The van der Waals surface area contributed by atoms with Crippen LogP contribution in [0.15, 0.2) is 42.0 Å². The highest BCUT2D eigenvalue weighted by Crippen LogP contribution is 2.32. The molecule has 0 unspecified atom stereocenters. The first kappa shape index (κ1) is 17.8. The van der Waals surface area contributed by atoms with E-state index in [1.54, 1.807) is 11.3 Å². The van der Waals surface area contributed by atoms with E-state index in [1.165, 1.54) is 11.2 Å². The van der Waals surface area contributed by atoms with E-state index in [1.807, 2.05) is 49.6 Å². The highest BCUT2D eigenvalue weighted by atomic mass is 32.1. The zero-order chi connectivity index (χ0) is 18.5. The van der Waals surface area contributed by atoms with Crippen LogP contribution in [0.4, 0.5) is 23.0 Å². The van der Waals surface area contributed by atoms with Crippen LogP contribution in [0.2, 0.25) is 0 Å². The molecule has 0 fully saturated rings. The van der Waals surface area contributed by atoms with Gasteiger partial charge in [-0.25, -0.2) is 9.97 Å². The molecule has 0 spiro atoms. The summed E-state index contributed by atoms with van der Waals surface area (Å²) in [6.45, 7) is 4.51. The van der Waals surface area contributed by atoms with Gasteiger partial charge in [-0.2, -0.15) is 0 Å². The predicted octanol–water partition coefficient (Wildman–Crippen LogP) is 4.46. The average Bonchev–Trinajstić information content (AvgIpc) is 3.12. The second-order valence-electron chi connectivity index (χ2n) is 5.81. The second kappa shape index (κ2) is 7.92. The van der Waals surface area contributed by atoms with Crippen LogP contribution in [0, 0.1) is 24.0 Å². The zero-order valence-corrected chi connectivity index (χ0v) is 15.3. The molecule has 0 aliphatic carbocycles. The molecule has 0 atom stereocenters. The minimum absolute atomic E-state index is 0.153. The lowest BCUT2D eigenvalue weighted by Gasteiger charge is -2.12. The van der Waals surface area contributed by atoms with Crippen LogP contribution in [0.25, 0.3) is 0 Å². The first-order chi connectivity index (χ1) is 12.6. The first-order valence-corrected chi connectivity index (χ1v) is 9.03. The minimum Gasteiger partial charge on any atom is -0.364 e. The Kier molecular flexibility index (Phi) is 5.43. The quantitative estimate of drug-likeness (QED) is 0.472. The molecule has 0 radical (unpaired) electrons. The number of aromatic nitrogens is 2. The molecule has 0 bridgehead atoms. The largest absolute Gasteiger partial charge is 0.364 e. The Bertz CT molecular complexity index is 912. The summed E-state index contributed by atoms with van der Waals surface area (Å²) in [5.41, 5.74) is 2.75. The number of nitro groups is 1. The summed E-state index contributed by atoms with van der Waals surface area (Å²) >= 11 is 1.66. The third kappa shape index (κ3) is 3.97. The van der Waals surface area contributed by atoms with E-state index in [9.17, 15) is 10.1 Å². The Morgan fingerprint density at radius 1 is 1.15 bits per heavy atom. The number of hydrogen-bond acceptors (Lipinski definition) is 7. The molecule has 2 N–H and O–H groups in total. The van der Waals surface area contributed by atoms with Crippen LogP contribution in [-0.4, -0.2) is 21.4 Å². The fourth-order valence-electron chi connectivity index (χ4n) is 2.55. The molecule has 0 saturated carbocycles. The molecule has 1 aromatic carbocycles. The van der Waals surface area contributed by atoms with Gasteiger partial charge in [0.05, 0.1) is 4.92 Å². The summed E-state index contributed by atoms with van der Waals surface area (Å²) < 4.78 is 0. The lowest BCUT2D eigenvalue weighted by molar-refractivity contribution is -0.383. The maximum atomic E-state index is 11.6. The summed E-state index contributed by atoms with van der Waals surface area (Å²) in [6.07, 6.45) is 2.10. The van der Waals surface area contributed by atoms with Gasteiger partial charge in [-0.1, -0.05) is 18.2 Å². The lowest BCUT2D eigenvalue weighted by Crippen LogP contribution is -2.10. The molecule has 0 amide bonds. The minimum atomic E-state index is -0.457. The van der Waals surface area contributed by atoms with Crippen LogP contribution in [0.5, 0.6) is 0 Å². The Balaban J connectivity index is 1.83. The zero-order valence-electron chi connectivity index (χ0n) is 14.5. The third-order valence-corrected chi connectivity index (χ3v) is 5.04. The maximum Gasteiger partial charge on any atom is 0.353 e. The number of hydrogen-bond donors (Lipinski definition) is 2. The van der Waals surface area contributed by atoms with Gasteiger partial charge < -0.3 is 10.6 Å². The summed E-state index contributed by atoms with van der Waals surface area (Å²) in [5, 5.41) is 19.8. The Hall–Kier alpha value is -3.00. The number of nitrogens with zero attached hydrogens (tertiary/aromatic N) is 3. The number of nitrogens with one attached hydrogen (secondary N) is 2. The van der Waals surface area contributed by atoms with E-state index in [4.69, 9.17) is 0 Å². The molecule has 8 heteroatoms. The Morgan fingerprint density at radius 2 is 1.96 bits per heavy atom. The number of aryl methyl sites for hydroxylation is 1. The highest BCUT2D eigenvalue weighted by molar-refractivity contribution is 7.09. The fourth-order valence-corrected chi connectivity index (χ4v) is 3.25. The standard InChI is InChI=1S/C18H19N5O2S/c1-12-5-3-7-15(13(12)2)22-18-16(23(24)25)17(20-11-21-18)19-9-8-14-6-4-10-26-14/h3-7,10-11H,8-9H2,1-2H3,(H2,19,20,21,22). The highest BCUT2D eigenvalue weighted by Gasteiger charge is 2.23. The van der Waals surface area contributed by atoms with Crippen molar-refractivity contribution in [1.29, 1.82) is 0 Å². The lowest BCUT2D eigenvalue weighted by atomic mass is 10.1. The summed E-state index contributed by atoms with van der Waals surface area (Å²) in [5.74, 6) is 0.395. The summed E-state index contributed by atoms with van der Waals surface area (Å²) in [7, 11) is 0. The SMILES string of the molecule is Cc1cccc(Nc2ncnc(NCCc3cccs3)c2[N+](=O)[O-])c1C. The third-order valence-electron chi connectivity index (χ3n) is 4.11. The van der Waals surface area contributed by atoms with Gasteiger partial charge in [0, 0.05) is 17.1 Å². The molecule has 2 aromatic heterocycles. The first-order valence-electron chi connectivity index (χ1n) is 8.15. The monoisotopic (exact) mass is 369 g/mol. The van der Waals surface area contributed by atoms with Crippen molar-refractivity contribution in [3.05, 3.63) is 68.2 Å². The Labute approximate surface area is 155 Å². The molecule has 3 aromatic rings. The van der Waals surface area contributed by atoms with Crippen LogP contribution in [0.3, 0.4) is 0 Å². The summed E-state index contributed by atoms with van der Waals surface area (Å²) in [6, 6.07) is 9.79. The molecule has 0 aliphatic heterocycles. The van der Waals surface area contributed by atoms with Crippen LogP contribution in [-0.2, 0) is 6.42 Å². The summed E-state index contributed by atoms with van der Waals surface area (Å²) in [4.78, 5) is 20.5. The normalized spacial score (nSPS) is 10.5. The molecule has 0 saturated heterocycles. The maximum absolute atomic E-state index is 11.6. The molecular formula is C18H19N5O2S. The molecule has 0 aliphatic rings.